The third-order valence-corrected chi connectivity index (χ3v) is 5.07. The van der Waals surface area contributed by atoms with E-state index >= 15 is 0 Å². The number of aryl methyl sites for hydroxylation is 1. The van der Waals surface area contributed by atoms with Crippen molar-refractivity contribution in [1.29, 1.82) is 0 Å². The van der Waals surface area contributed by atoms with Gasteiger partial charge in [0.15, 0.2) is 12.6 Å². The molecule has 0 bridgehead atoms. The summed E-state index contributed by atoms with van der Waals surface area (Å²) in [6.45, 7) is 6.59. The first-order valence-electron chi connectivity index (χ1n) is 10.1. The molecule has 0 saturated carbocycles. The number of amides is 1. The first-order valence-corrected chi connectivity index (χ1v) is 10.1. The molecule has 0 aromatic heterocycles. The lowest BCUT2D eigenvalue weighted by Crippen LogP contribution is -2.42. The summed E-state index contributed by atoms with van der Waals surface area (Å²) in [5.74, 6) is 1.93. The van der Waals surface area contributed by atoms with Crippen molar-refractivity contribution < 1.29 is 9.53 Å². The number of carbonyl (C=O) groups excluding carboxylic acids is 1. The molecule has 0 aliphatic carbocycles. The molecular formula is C23H31IN4O2. The first-order chi connectivity index (χ1) is 14.1. The van der Waals surface area contributed by atoms with Crippen molar-refractivity contribution in [3.05, 3.63) is 59.7 Å². The number of hydrogen-bond donors (Lipinski definition) is 2. The van der Waals surface area contributed by atoms with Gasteiger partial charge in [-0.3, -0.25) is 9.79 Å². The van der Waals surface area contributed by atoms with E-state index in [-0.39, 0.29) is 36.5 Å². The summed E-state index contributed by atoms with van der Waals surface area (Å²) >= 11 is 0. The van der Waals surface area contributed by atoms with Gasteiger partial charge in [-0.2, -0.15) is 0 Å². The fourth-order valence-electron chi connectivity index (χ4n) is 3.41. The van der Waals surface area contributed by atoms with E-state index in [0.717, 1.165) is 36.9 Å². The van der Waals surface area contributed by atoms with E-state index < -0.39 is 0 Å². The van der Waals surface area contributed by atoms with Gasteiger partial charge in [-0.05, 0) is 37.0 Å². The Bertz CT molecular complexity index is 872. The van der Waals surface area contributed by atoms with Crippen LogP contribution < -0.4 is 20.3 Å². The molecule has 30 heavy (non-hydrogen) atoms. The van der Waals surface area contributed by atoms with Crippen LogP contribution in [-0.4, -0.2) is 45.2 Å². The van der Waals surface area contributed by atoms with Crippen molar-refractivity contribution in [2.24, 2.45) is 4.99 Å². The molecule has 1 aliphatic rings. The molecule has 1 aliphatic heterocycles. The molecule has 1 atom stereocenters. The number of guanidine groups is 1. The molecule has 0 fully saturated rings. The monoisotopic (exact) mass is 522 g/mol. The van der Waals surface area contributed by atoms with Crippen molar-refractivity contribution in [1.82, 2.24) is 10.6 Å². The number of benzene rings is 2. The molecule has 2 aromatic rings. The predicted octanol–water partition coefficient (Wildman–Crippen LogP) is 3.70. The van der Waals surface area contributed by atoms with Crippen molar-refractivity contribution in [3.8, 4) is 5.75 Å². The second kappa shape index (κ2) is 11.8. The topological polar surface area (TPSA) is 66.0 Å². The van der Waals surface area contributed by atoms with Crippen molar-refractivity contribution in [2.75, 3.05) is 38.2 Å². The molecule has 3 rings (SSSR count). The number of ether oxygens (including phenoxy) is 1. The number of halogens is 1. The quantitative estimate of drug-likeness (QED) is 0.252. The molecule has 6 nitrogen and oxygen atoms in total. The van der Waals surface area contributed by atoms with Crippen LogP contribution >= 0.6 is 24.0 Å². The molecule has 1 heterocycles. The van der Waals surface area contributed by atoms with E-state index in [1.165, 1.54) is 11.1 Å². The number of nitrogens with one attached hydrogen (secondary N) is 2. The first kappa shape index (κ1) is 24.0. The second-order valence-electron chi connectivity index (χ2n) is 7.35. The number of hydrogen-bond acceptors (Lipinski definition) is 3. The molecule has 1 amide bonds. The van der Waals surface area contributed by atoms with Crippen LogP contribution in [0, 0.1) is 6.92 Å². The zero-order valence-electron chi connectivity index (χ0n) is 17.9. The Labute approximate surface area is 196 Å². The van der Waals surface area contributed by atoms with Gasteiger partial charge in [-0.25, -0.2) is 0 Å². The Morgan fingerprint density at radius 1 is 1.20 bits per heavy atom. The zero-order valence-corrected chi connectivity index (χ0v) is 20.2. The van der Waals surface area contributed by atoms with Gasteiger partial charge in [0.05, 0.1) is 5.69 Å². The van der Waals surface area contributed by atoms with Gasteiger partial charge < -0.3 is 20.3 Å². The summed E-state index contributed by atoms with van der Waals surface area (Å²) in [7, 11) is 1.77. The lowest BCUT2D eigenvalue weighted by Gasteiger charge is -2.29. The molecule has 162 valence electrons. The van der Waals surface area contributed by atoms with Crippen LogP contribution in [0.25, 0.3) is 0 Å². The Balaban J connectivity index is 0.00000320. The van der Waals surface area contributed by atoms with Crippen LogP contribution in [0.1, 0.15) is 30.4 Å². The van der Waals surface area contributed by atoms with E-state index in [4.69, 9.17) is 4.74 Å². The number of fused-ring (bicyclic) bond motifs is 1. The largest absolute Gasteiger partial charge is 0.482 e. The number of aliphatic imine (C=N–C) groups is 1. The highest BCUT2D eigenvalue weighted by atomic mass is 127. The minimum Gasteiger partial charge on any atom is -0.482 e. The summed E-state index contributed by atoms with van der Waals surface area (Å²) in [6, 6.07) is 16.3. The standard InChI is InChI=1S/C23H30N4O2.HI/c1-17-8-6-9-19(14-17)18(2)15-26-23(24-3)25-12-7-13-27-20-10-4-5-11-21(20)29-16-22(27)28;/h4-6,8-11,14,18H,7,12-13,15-16H2,1-3H3,(H2,24,25,26);1H. The highest BCUT2D eigenvalue weighted by molar-refractivity contribution is 14.0. The van der Waals surface area contributed by atoms with Crippen molar-refractivity contribution in [2.45, 2.75) is 26.2 Å². The maximum atomic E-state index is 12.2. The third-order valence-electron chi connectivity index (χ3n) is 5.07. The minimum atomic E-state index is -0.00168. The van der Waals surface area contributed by atoms with Crippen LogP contribution in [-0.2, 0) is 4.79 Å². The van der Waals surface area contributed by atoms with Crippen LogP contribution in [0.3, 0.4) is 0 Å². The highest BCUT2D eigenvalue weighted by Crippen LogP contribution is 2.31. The molecule has 7 heteroatoms. The predicted molar refractivity (Wildman–Crippen MR) is 133 cm³/mol. The van der Waals surface area contributed by atoms with Crippen LogP contribution in [0.4, 0.5) is 5.69 Å². The molecule has 0 spiro atoms. The van der Waals surface area contributed by atoms with E-state index in [1.54, 1.807) is 11.9 Å². The summed E-state index contributed by atoms with van der Waals surface area (Å²) in [5, 5.41) is 6.72. The van der Waals surface area contributed by atoms with Crippen molar-refractivity contribution in [3.63, 3.8) is 0 Å². The summed E-state index contributed by atoms with van der Waals surface area (Å²) in [4.78, 5) is 18.3. The summed E-state index contributed by atoms with van der Waals surface area (Å²) in [6.07, 6.45) is 0.814. The fraction of sp³-hybridized carbons (Fsp3) is 0.391. The van der Waals surface area contributed by atoms with Gasteiger partial charge in [0.2, 0.25) is 0 Å². The average Bonchev–Trinajstić information content (AvgIpc) is 2.74. The van der Waals surface area contributed by atoms with Gasteiger partial charge in [-0.1, -0.05) is 48.9 Å². The molecule has 1 unspecified atom stereocenters. The molecule has 2 aromatic carbocycles. The lowest BCUT2D eigenvalue weighted by molar-refractivity contribution is -0.121. The maximum Gasteiger partial charge on any atom is 0.265 e. The van der Waals surface area contributed by atoms with Crippen molar-refractivity contribution >= 4 is 41.5 Å². The minimum absolute atomic E-state index is 0. The highest BCUT2D eigenvalue weighted by Gasteiger charge is 2.24. The Hall–Kier alpha value is -2.29. The number of para-hydroxylation sites is 2. The number of anilines is 1. The average molecular weight is 522 g/mol. The second-order valence-corrected chi connectivity index (χ2v) is 7.35. The molecule has 0 radical (unpaired) electrons. The SMILES string of the molecule is CN=C(NCCCN1C(=O)COc2ccccc21)NCC(C)c1cccc(C)c1.I. The van der Waals surface area contributed by atoms with Gasteiger partial charge in [0.1, 0.15) is 5.75 Å². The normalized spacial score (nSPS) is 14.3. The smallest absolute Gasteiger partial charge is 0.265 e. The Morgan fingerprint density at radius 2 is 2.00 bits per heavy atom. The van der Waals surface area contributed by atoms with Crippen LogP contribution in [0.5, 0.6) is 5.75 Å². The third kappa shape index (κ3) is 6.35. The molecule has 2 N–H and O–H groups in total. The van der Waals surface area contributed by atoms with Crippen LogP contribution in [0.2, 0.25) is 0 Å². The van der Waals surface area contributed by atoms with Gasteiger partial charge in [0, 0.05) is 26.7 Å². The molecule has 0 saturated heterocycles. The van der Waals surface area contributed by atoms with E-state index in [9.17, 15) is 4.79 Å². The van der Waals surface area contributed by atoms with Gasteiger partial charge >= 0.3 is 0 Å². The molecular weight excluding hydrogens is 491 g/mol. The van der Waals surface area contributed by atoms with Gasteiger partial charge in [0.25, 0.3) is 5.91 Å². The Kier molecular flexibility index (Phi) is 9.42. The fourth-order valence-corrected chi connectivity index (χ4v) is 3.41. The maximum absolute atomic E-state index is 12.2. The van der Waals surface area contributed by atoms with E-state index in [0.29, 0.717) is 12.5 Å². The number of rotatable bonds is 7. The summed E-state index contributed by atoms with van der Waals surface area (Å²) in [5.41, 5.74) is 3.44. The Morgan fingerprint density at radius 3 is 2.77 bits per heavy atom. The zero-order chi connectivity index (χ0) is 20.6. The lowest BCUT2D eigenvalue weighted by atomic mass is 9.99. The summed E-state index contributed by atoms with van der Waals surface area (Å²) < 4.78 is 5.49. The number of nitrogens with zero attached hydrogens (tertiary/aromatic N) is 2. The van der Waals surface area contributed by atoms with E-state index in [1.807, 2.05) is 24.3 Å². The van der Waals surface area contributed by atoms with Crippen LogP contribution in [0.15, 0.2) is 53.5 Å². The van der Waals surface area contributed by atoms with Gasteiger partial charge in [-0.15, -0.1) is 24.0 Å². The number of carbonyl (C=O) groups is 1. The van der Waals surface area contributed by atoms with E-state index in [2.05, 4.69) is 53.7 Å².